The number of nitro benzene ring substituents is 2. The Bertz CT molecular complexity index is 2810. The topological polar surface area (TPSA) is 338 Å². The number of nitro groups is 2. The predicted octanol–water partition coefficient (Wildman–Crippen LogP) is 8.64. The van der Waals surface area contributed by atoms with Crippen LogP contribution in [0.4, 0.5) is 23.1 Å². The van der Waals surface area contributed by atoms with Gasteiger partial charge in [-0.2, -0.15) is 10.2 Å². The van der Waals surface area contributed by atoms with E-state index in [0.29, 0.717) is 24.9 Å². The van der Waals surface area contributed by atoms with Crippen molar-refractivity contribution in [2.24, 2.45) is 0 Å². The summed E-state index contributed by atoms with van der Waals surface area (Å²) in [5.41, 5.74) is 16.9. The van der Waals surface area contributed by atoms with Crippen LogP contribution in [0.3, 0.4) is 0 Å². The fraction of sp³-hybridized carbons (Fsp3) is 0.204. The monoisotopic (exact) mass is 1340 g/mol. The van der Waals surface area contributed by atoms with Crippen LogP contribution in [0.15, 0.2) is 151 Å². The number of halogens is 3. The number of aromatic nitrogens is 5. The van der Waals surface area contributed by atoms with Crippen LogP contribution in [0.2, 0.25) is 0 Å². The van der Waals surface area contributed by atoms with Crippen molar-refractivity contribution in [1.29, 1.82) is 10.7 Å². The quantitative estimate of drug-likeness (QED) is 0.0127. The molecule has 0 aliphatic carbocycles. The molecule has 392 valence electrons. The number of hydrogen-bond acceptors (Lipinski definition) is 17. The van der Waals surface area contributed by atoms with Gasteiger partial charge < -0.3 is 31.2 Å². The van der Waals surface area contributed by atoms with E-state index in [1.165, 1.54) is 31.2 Å². The summed E-state index contributed by atoms with van der Waals surface area (Å²) in [4.78, 5) is 35.2. The Morgan fingerprint density at radius 3 is 1.67 bits per heavy atom. The van der Waals surface area contributed by atoms with Crippen LogP contribution >= 0.6 is 37.2 Å². The van der Waals surface area contributed by atoms with E-state index in [4.69, 9.17) is 47.1 Å². The molecular weight excluding hydrogens is 1280 g/mol. The maximum Gasteiger partial charge on any atom is 0.212 e. The minimum absolute atomic E-state index is 0.144. The van der Waals surface area contributed by atoms with Crippen LogP contribution < -0.4 is 24.7 Å². The molecule has 0 aliphatic heterocycles. The number of benzene rings is 5. The number of anilines is 2. The largest absolute Gasteiger partial charge is 0.276 e. The van der Waals surface area contributed by atoms with Crippen molar-refractivity contribution >= 4 is 77.4 Å². The molecule has 8 rings (SSSR count). The Kier molecular flexibility index (Phi) is 33.6. The second-order valence-electron chi connectivity index (χ2n) is 14.8. The maximum absolute atomic E-state index is 10.2. The fourth-order valence-electron chi connectivity index (χ4n) is 4.95. The van der Waals surface area contributed by atoms with Gasteiger partial charge in [0.25, 0.3) is 11.7 Å². The van der Waals surface area contributed by atoms with Gasteiger partial charge in [0.1, 0.15) is 29.5 Å². The fourth-order valence-corrected chi connectivity index (χ4v) is 4.95. The Hall–Kier alpha value is -6.78. The molecule has 3 aromatic heterocycles. The Labute approximate surface area is 452 Å². The number of oxazole rings is 1. The number of aliphatic hydroxyl groups is 1. The summed E-state index contributed by atoms with van der Waals surface area (Å²) in [5, 5.41) is 69.4. The molecule has 8 aromatic rings. The number of nitrogens with one attached hydrogen (secondary N) is 1. The zero-order valence-corrected chi connectivity index (χ0v) is 47.6. The van der Waals surface area contributed by atoms with Gasteiger partial charge in [0, 0.05) is 56.5 Å². The average Bonchev–Trinajstić information content (AvgIpc) is 4.16. The van der Waals surface area contributed by atoms with E-state index in [-0.39, 0.29) is 35.5 Å². The zero-order chi connectivity index (χ0) is 55.5. The van der Waals surface area contributed by atoms with Crippen molar-refractivity contribution in [1.82, 2.24) is 24.1 Å². The third kappa shape index (κ3) is 27.6. The van der Waals surface area contributed by atoms with Crippen LogP contribution in [0, 0.1) is 64.7 Å². The van der Waals surface area contributed by atoms with Crippen LogP contribution in [-0.2, 0) is 10.5 Å². The molecule has 21 nitrogen and oxygen atoms in total. The molecule has 0 spiro atoms. The molecule has 0 saturated carbocycles. The number of aryl methyl sites for hydroxylation is 4. The van der Waals surface area contributed by atoms with Gasteiger partial charge in [0.05, 0.1) is 21.6 Å². The summed E-state index contributed by atoms with van der Waals surface area (Å²) >= 11 is 5.30. The Morgan fingerprint density at radius 2 is 1.26 bits per heavy atom. The molecule has 0 unspecified atom stereocenters. The number of aliphatic hydroxyl groups excluding tert-OH is 1. The normalized spacial score (nSPS) is 9.52. The number of nitrogens with two attached hydrogens (primary N) is 2. The smallest absolute Gasteiger partial charge is 0.212 e. The summed E-state index contributed by atoms with van der Waals surface area (Å²) in [5.74, 6) is 0.190. The van der Waals surface area contributed by atoms with E-state index in [1.807, 2.05) is 89.2 Å². The van der Waals surface area contributed by atoms with Crippen molar-refractivity contribution in [3.63, 3.8) is 0 Å². The number of aromatic hydroxyl groups is 2. The van der Waals surface area contributed by atoms with Crippen LogP contribution in [0.25, 0.3) is 11.1 Å². The first kappa shape index (κ1) is 66.2. The van der Waals surface area contributed by atoms with Gasteiger partial charge in [0.2, 0.25) is 5.96 Å². The number of phenolic OH excluding ortho intramolecular Hbond substituents is 2. The summed E-state index contributed by atoms with van der Waals surface area (Å²) in [6.07, 6.45) is 9.83. The molecule has 0 bridgehead atoms. The molecule has 0 saturated heterocycles. The van der Waals surface area contributed by atoms with Crippen LogP contribution in [0.1, 0.15) is 55.5 Å². The van der Waals surface area contributed by atoms with Gasteiger partial charge in [-0.25, -0.2) is 14.9 Å². The third-order valence-corrected chi connectivity index (χ3v) is 8.51. The number of fused-ring (bicyclic) bond motifs is 1. The number of nitrogens with zero attached hydrogens (tertiary/aromatic N) is 8. The number of nitriles is 1. The summed E-state index contributed by atoms with van der Waals surface area (Å²) in [7, 11) is 0. The van der Waals surface area contributed by atoms with Crippen LogP contribution in [-0.4, -0.2) is 67.1 Å². The predicted molar refractivity (Wildman–Crippen MR) is 296 cm³/mol. The van der Waals surface area contributed by atoms with Gasteiger partial charge in [-0.1, -0.05) is 66.2 Å². The number of imidazole rings is 2. The third-order valence-electron chi connectivity index (χ3n) is 8.51. The van der Waals surface area contributed by atoms with Crippen molar-refractivity contribution in [3.8, 4) is 17.6 Å². The molecule has 0 aliphatic rings. The molecule has 3 heterocycles. The minimum atomic E-state index is -0.616. The van der Waals surface area contributed by atoms with E-state index in [9.17, 15) is 20.2 Å². The molecule has 0 radical (unpaired) electrons. The van der Waals surface area contributed by atoms with Crippen molar-refractivity contribution in [2.45, 2.75) is 61.0 Å². The van der Waals surface area contributed by atoms with Gasteiger partial charge in [-0.05, 0) is 101 Å². The van der Waals surface area contributed by atoms with E-state index >= 15 is 0 Å². The first-order chi connectivity index (χ1) is 34.5. The number of phenols is 2. The molecule has 0 amide bonds. The average molecular weight is 1340 g/mol. The second kappa shape index (κ2) is 37.0. The van der Waals surface area contributed by atoms with E-state index < -0.39 is 15.4 Å². The molecule has 9 N–H and O–H groups in total. The molecule has 0 atom stereocenters. The Morgan fingerprint density at radius 1 is 0.808 bits per heavy atom. The zero-order valence-electron chi connectivity index (χ0n) is 41.2. The van der Waals surface area contributed by atoms with Gasteiger partial charge in [0.15, 0.2) is 11.3 Å². The molecule has 24 heteroatoms. The summed E-state index contributed by atoms with van der Waals surface area (Å²) < 4.78 is 8.31. The van der Waals surface area contributed by atoms with Gasteiger partial charge in [-0.3, -0.25) is 40.0 Å². The SMILES string of the molecule is CC#N.CC(C)(OO)c1ccccc1.CCO.Cc1ccc(N)c(O)c1.Cc1ccc([N+](=O)[O-])c(O)c1.Cc1ccc([N+](=O)[O-])cc1.Cc1ccc2nc(N)oc2c1.I[I-]I.N=C(n1ccnc1)n1ccnc1. The number of nitrogen functional groups attached to an aromatic ring is 2. The molecular formula is C49H59I3N11O10-. The van der Waals surface area contributed by atoms with Gasteiger partial charge >= 0.3 is 56.2 Å². The standard InChI is InChI=1S/C9H12O2.C8H8N2O.C7H7N5.C7H7NO3.C7H7NO2.C7H9NO.C2H3N.C2H6O.I3/c1-9(2,11-10)8-6-4-3-5-7-8;1-5-2-3-6-7(4-5)11-8(9)10-6;8-7(11-3-1-9-5-11)12-4-2-10-6-12;1-5-2-3-6(8(10)11)7(9)4-5;1-6-2-4-7(5-3-6)8(9)10;1-5-2-3-6(8)7(9)4-5;2*1-2-3;1-3-2/h3-7,10H,1-2H3;2-4H,1H3,(H2,9,10);1-6,8H;2-4,9H,1H3;2-5H,1H3;2-4,9H,8H2,1H3;1H3;3H,2H2,1H3;/q;;;;;;;;-1. The van der Waals surface area contributed by atoms with E-state index in [2.05, 4.69) is 57.1 Å². The molecule has 73 heavy (non-hydrogen) atoms. The van der Waals surface area contributed by atoms with Crippen molar-refractivity contribution < 1.29 is 53.0 Å². The molecule has 0 fully saturated rings. The maximum atomic E-state index is 10.2. The van der Waals surface area contributed by atoms with E-state index in [0.717, 1.165) is 38.9 Å². The van der Waals surface area contributed by atoms with Crippen molar-refractivity contribution in [2.75, 3.05) is 18.1 Å². The number of non-ortho nitro benzene ring substituents is 1. The molecule has 5 aromatic carbocycles. The van der Waals surface area contributed by atoms with Crippen LogP contribution in [0.5, 0.6) is 11.5 Å². The van der Waals surface area contributed by atoms with Crippen molar-refractivity contribution in [3.05, 3.63) is 195 Å². The first-order valence-electron chi connectivity index (χ1n) is 21.1. The van der Waals surface area contributed by atoms with Gasteiger partial charge in [-0.15, -0.1) is 0 Å². The number of hydrogen-bond donors (Lipinski definition) is 7. The summed E-state index contributed by atoms with van der Waals surface area (Å²) in [6.45, 7) is 14.5. The first-order valence-corrected chi connectivity index (χ1v) is 33.7. The second-order valence-corrected chi connectivity index (χ2v) is 31.0. The number of rotatable bonds is 4. The summed E-state index contributed by atoms with van der Waals surface area (Å²) in [6, 6.07) is 33.2. The van der Waals surface area contributed by atoms with E-state index in [1.54, 1.807) is 96.8 Å². The Balaban J connectivity index is 0.000000826. The minimum Gasteiger partial charge on any atom is -0.276 e.